The highest BCUT2D eigenvalue weighted by atomic mass is 35.5. The molecule has 1 aromatic heterocycles. The van der Waals surface area contributed by atoms with Crippen LogP contribution in [0, 0.1) is 47.3 Å². The molecule has 0 spiro atoms. The zero-order valence-corrected chi connectivity index (χ0v) is 19.4. The first-order valence-corrected chi connectivity index (χ1v) is 11.3. The van der Waals surface area contributed by atoms with E-state index in [0.717, 1.165) is 13.1 Å². The number of benzene rings is 2. The molecular weight excluding hydrogens is 453 g/mol. The summed E-state index contributed by atoms with van der Waals surface area (Å²) in [5.41, 5.74) is 1.94. The van der Waals surface area contributed by atoms with Gasteiger partial charge in [0.15, 0.2) is 5.82 Å². The molecule has 1 aliphatic carbocycles. The lowest BCUT2D eigenvalue weighted by Gasteiger charge is -2.12. The smallest absolute Gasteiger partial charge is 0.300 e. The summed E-state index contributed by atoms with van der Waals surface area (Å²) >= 11 is 5.91. The molecule has 0 radical (unpaired) electrons. The number of piperidine rings is 1. The van der Waals surface area contributed by atoms with Crippen molar-refractivity contribution in [1.82, 2.24) is 14.9 Å². The highest BCUT2D eigenvalue weighted by Crippen LogP contribution is 2.50. The zero-order chi connectivity index (χ0) is 23.8. The van der Waals surface area contributed by atoms with Gasteiger partial charge in [0.2, 0.25) is 0 Å². The lowest BCUT2D eigenvalue weighted by atomic mass is 10.1. The molecule has 1 unspecified atom stereocenters. The molecule has 2 N–H and O–H groups in total. The molecule has 2 aromatic carbocycles. The minimum absolute atomic E-state index is 0.00283. The van der Waals surface area contributed by atoms with Crippen LogP contribution in [0.2, 0.25) is 5.02 Å². The van der Waals surface area contributed by atoms with Gasteiger partial charge in [0.05, 0.1) is 27.5 Å². The Kier molecular flexibility index (Phi) is 5.83. The van der Waals surface area contributed by atoms with E-state index in [1.165, 1.54) is 12.4 Å². The molecule has 3 atom stereocenters. The third-order valence-corrected chi connectivity index (χ3v) is 6.51. The lowest BCUT2D eigenvalue weighted by Crippen LogP contribution is -2.18. The van der Waals surface area contributed by atoms with Crippen molar-refractivity contribution in [2.24, 2.45) is 17.8 Å². The molecule has 2 fully saturated rings. The van der Waals surface area contributed by atoms with Crippen molar-refractivity contribution < 1.29 is 9.18 Å². The van der Waals surface area contributed by atoms with Gasteiger partial charge in [-0.25, -0.2) is 14.4 Å². The van der Waals surface area contributed by atoms with Crippen molar-refractivity contribution in [3.8, 4) is 23.7 Å². The van der Waals surface area contributed by atoms with E-state index in [-0.39, 0.29) is 10.7 Å². The maximum atomic E-state index is 14.5. The van der Waals surface area contributed by atoms with Crippen molar-refractivity contribution in [2.75, 3.05) is 30.8 Å². The number of fused-ring (bicyclic) bond motifs is 2. The molecule has 6 nitrogen and oxygen atoms in total. The molecule has 1 aliphatic heterocycles. The fourth-order valence-electron chi connectivity index (χ4n) is 4.52. The average Bonchev–Trinajstić information content (AvgIpc) is 3.27. The minimum Gasteiger partial charge on any atom is -0.337 e. The summed E-state index contributed by atoms with van der Waals surface area (Å²) in [5, 5.41) is 6.39. The number of aromatic nitrogens is 2. The Morgan fingerprint density at radius 2 is 2.00 bits per heavy atom. The Hall–Kier alpha value is -3.65. The summed E-state index contributed by atoms with van der Waals surface area (Å²) in [5.74, 6) is 12.7. The summed E-state index contributed by atoms with van der Waals surface area (Å²) in [6.07, 6.45) is 1.40. The number of likely N-dealkylation sites (tertiary alicyclic amines) is 1. The van der Waals surface area contributed by atoms with Crippen molar-refractivity contribution in [3.63, 3.8) is 0 Å². The number of carbonyl (C=O) groups excluding carboxylic acids is 1. The number of halogens is 2. The molecule has 1 saturated carbocycles. The Bertz CT molecular complexity index is 1420. The van der Waals surface area contributed by atoms with Crippen molar-refractivity contribution in [2.45, 2.75) is 6.92 Å². The molecular formula is C26H21ClFN5O. The van der Waals surface area contributed by atoms with Crippen molar-refractivity contribution in [1.29, 1.82) is 0 Å². The summed E-state index contributed by atoms with van der Waals surface area (Å²) in [7, 11) is 2.13. The van der Waals surface area contributed by atoms with Gasteiger partial charge in [0, 0.05) is 24.4 Å². The normalized spacial score (nSPS) is 20.5. The van der Waals surface area contributed by atoms with Gasteiger partial charge in [-0.15, -0.1) is 0 Å². The van der Waals surface area contributed by atoms with Crippen molar-refractivity contribution >= 4 is 45.6 Å². The van der Waals surface area contributed by atoms with E-state index >= 15 is 0 Å². The number of anilines is 3. The number of amides is 1. The number of hydrogen-bond acceptors (Lipinski definition) is 5. The number of rotatable bonds is 3. The molecule has 170 valence electrons. The van der Waals surface area contributed by atoms with Crippen LogP contribution in [-0.2, 0) is 4.79 Å². The molecule has 2 aliphatic rings. The summed E-state index contributed by atoms with van der Waals surface area (Å²) < 4.78 is 14.5. The van der Waals surface area contributed by atoms with E-state index in [0.29, 0.717) is 45.7 Å². The maximum absolute atomic E-state index is 14.5. The van der Waals surface area contributed by atoms with E-state index in [4.69, 9.17) is 11.6 Å². The highest BCUT2D eigenvalue weighted by Gasteiger charge is 2.53. The zero-order valence-electron chi connectivity index (χ0n) is 18.6. The van der Waals surface area contributed by atoms with Gasteiger partial charge in [-0.3, -0.25) is 4.79 Å². The fourth-order valence-corrected chi connectivity index (χ4v) is 4.69. The first-order valence-electron chi connectivity index (χ1n) is 10.9. The van der Waals surface area contributed by atoms with E-state index in [2.05, 4.69) is 56.2 Å². The average molecular weight is 474 g/mol. The summed E-state index contributed by atoms with van der Waals surface area (Å²) in [4.78, 5) is 23.2. The van der Waals surface area contributed by atoms with E-state index < -0.39 is 11.7 Å². The van der Waals surface area contributed by atoms with Crippen molar-refractivity contribution in [3.05, 3.63) is 53.1 Å². The molecule has 8 heteroatoms. The molecule has 1 saturated heterocycles. The first-order chi connectivity index (χ1) is 16.4. The van der Waals surface area contributed by atoms with Gasteiger partial charge in [0.1, 0.15) is 12.1 Å². The summed E-state index contributed by atoms with van der Waals surface area (Å²) in [6, 6.07) is 8.23. The largest absolute Gasteiger partial charge is 0.337 e. The quantitative estimate of drug-likeness (QED) is 0.555. The van der Waals surface area contributed by atoms with Crippen LogP contribution < -0.4 is 10.6 Å². The standard InChI is InChI=1S/C26H21ClFN5O/c1-3-5-24(34)31-22-11-17-23(10-15(22)8-9-16-18-12-33(2)13-19(16)18)29-14-30-26(17)32-21-7-4-6-20(27)25(21)28/h4,6-7,10-11,14,16,18-19H,12-13H2,1-2H3,(H,31,34)(H,29,30,32)/t16?,18-,19+. The molecule has 1 amide bonds. The second-order valence-corrected chi connectivity index (χ2v) is 8.94. The maximum Gasteiger partial charge on any atom is 0.300 e. The Morgan fingerprint density at radius 3 is 2.76 bits per heavy atom. The molecule has 2 heterocycles. The van der Waals surface area contributed by atoms with Crippen LogP contribution in [0.5, 0.6) is 0 Å². The molecule has 34 heavy (non-hydrogen) atoms. The van der Waals surface area contributed by atoms with Crippen LogP contribution in [0.1, 0.15) is 12.5 Å². The predicted octanol–water partition coefficient (Wildman–Crippen LogP) is 4.29. The molecule has 3 aromatic rings. The number of hydrogen-bond donors (Lipinski definition) is 2. The Morgan fingerprint density at radius 1 is 1.21 bits per heavy atom. The summed E-state index contributed by atoms with van der Waals surface area (Å²) in [6.45, 7) is 3.73. The second kappa shape index (κ2) is 8.95. The van der Waals surface area contributed by atoms with E-state index in [1.54, 1.807) is 25.1 Å². The molecule has 5 rings (SSSR count). The minimum atomic E-state index is -0.578. The Balaban J connectivity index is 1.53. The van der Waals surface area contributed by atoms with Crippen LogP contribution in [0.25, 0.3) is 10.9 Å². The SMILES string of the molecule is CC#CC(=O)Nc1cc2c(Nc3cccc(Cl)c3F)ncnc2cc1C#CC1[C@H]2CN(C)C[C@@H]12. The fraction of sp³-hybridized carbons (Fsp3) is 0.269. The van der Waals surface area contributed by atoms with E-state index in [9.17, 15) is 9.18 Å². The van der Waals surface area contributed by atoms with Gasteiger partial charge in [0.25, 0.3) is 5.91 Å². The first kappa shape index (κ1) is 22.2. The van der Waals surface area contributed by atoms with Gasteiger partial charge < -0.3 is 15.5 Å². The predicted molar refractivity (Wildman–Crippen MR) is 131 cm³/mol. The van der Waals surface area contributed by atoms with Crippen LogP contribution in [0.3, 0.4) is 0 Å². The Labute approximate surface area is 201 Å². The van der Waals surface area contributed by atoms with E-state index in [1.807, 2.05) is 6.07 Å². The monoisotopic (exact) mass is 473 g/mol. The highest BCUT2D eigenvalue weighted by molar-refractivity contribution is 6.31. The second-order valence-electron chi connectivity index (χ2n) is 8.54. The number of carbonyl (C=O) groups is 1. The third-order valence-electron chi connectivity index (χ3n) is 6.22. The van der Waals surface area contributed by atoms with Gasteiger partial charge in [-0.05, 0) is 56.0 Å². The van der Waals surface area contributed by atoms with Crippen LogP contribution in [0.4, 0.5) is 21.6 Å². The van der Waals surface area contributed by atoms with Crippen LogP contribution in [0.15, 0.2) is 36.7 Å². The number of nitrogens with one attached hydrogen (secondary N) is 2. The lowest BCUT2D eigenvalue weighted by molar-refractivity contribution is -0.111. The molecule has 0 bridgehead atoms. The topological polar surface area (TPSA) is 70.1 Å². The van der Waals surface area contributed by atoms with Crippen LogP contribution >= 0.6 is 11.6 Å². The van der Waals surface area contributed by atoms with Gasteiger partial charge in [-0.2, -0.15) is 0 Å². The third kappa shape index (κ3) is 4.28. The number of nitrogens with zero attached hydrogens (tertiary/aromatic N) is 3. The van der Waals surface area contributed by atoms with Crippen LogP contribution in [-0.4, -0.2) is 40.9 Å². The van der Waals surface area contributed by atoms with Gasteiger partial charge >= 0.3 is 0 Å². The van der Waals surface area contributed by atoms with Gasteiger partial charge in [-0.1, -0.05) is 35.4 Å².